The maximum Gasteiger partial charge on any atom is 0.348 e. The Morgan fingerprint density at radius 1 is 1.32 bits per heavy atom. The molecule has 2 N–H and O–H groups in total. The fourth-order valence-electron chi connectivity index (χ4n) is 1.57. The Labute approximate surface area is 118 Å². The number of aryl methyl sites for hydroxylation is 1. The zero-order valence-corrected chi connectivity index (χ0v) is 11.5. The van der Waals surface area contributed by atoms with E-state index in [1.807, 2.05) is 6.92 Å². The fraction of sp³-hybridized carbons (Fsp3) is 0.0769. The van der Waals surface area contributed by atoms with Gasteiger partial charge in [-0.05, 0) is 36.1 Å². The fourth-order valence-corrected chi connectivity index (χ4v) is 2.58. The van der Waals surface area contributed by atoms with E-state index in [4.69, 9.17) is 16.7 Å². The van der Waals surface area contributed by atoms with Crippen LogP contribution in [0.5, 0.6) is 0 Å². The Morgan fingerprint density at radius 3 is 2.68 bits per heavy atom. The van der Waals surface area contributed by atoms with Crippen LogP contribution in [0.3, 0.4) is 0 Å². The molecule has 1 aromatic carbocycles. The highest BCUT2D eigenvalue weighted by atomic mass is 35.5. The first kappa shape index (κ1) is 13.6. The van der Waals surface area contributed by atoms with Crippen molar-refractivity contribution in [2.75, 3.05) is 5.32 Å². The van der Waals surface area contributed by atoms with Gasteiger partial charge in [0.05, 0.1) is 16.3 Å². The standard InChI is InChI=1S/C13H10ClNO3S/c1-7-2-3-8(9(14)6-7)12(16)15-10-4-5-19-11(10)13(17)18/h2-6H,1H3,(H,15,16)(H,17,18). The normalized spacial score (nSPS) is 10.2. The summed E-state index contributed by atoms with van der Waals surface area (Å²) in [5.41, 5.74) is 1.54. The Balaban J connectivity index is 2.26. The van der Waals surface area contributed by atoms with Crippen molar-refractivity contribution in [2.24, 2.45) is 0 Å². The highest BCUT2D eigenvalue weighted by Gasteiger charge is 2.16. The van der Waals surface area contributed by atoms with E-state index in [2.05, 4.69) is 5.32 Å². The summed E-state index contributed by atoms with van der Waals surface area (Å²) < 4.78 is 0. The molecule has 2 aromatic rings. The number of thiophene rings is 1. The molecule has 1 aromatic heterocycles. The van der Waals surface area contributed by atoms with Crippen LogP contribution >= 0.6 is 22.9 Å². The van der Waals surface area contributed by atoms with Crippen LogP contribution in [0.2, 0.25) is 5.02 Å². The van der Waals surface area contributed by atoms with Crippen LogP contribution in [0.4, 0.5) is 5.69 Å². The largest absolute Gasteiger partial charge is 0.477 e. The highest BCUT2D eigenvalue weighted by Crippen LogP contribution is 2.24. The van der Waals surface area contributed by atoms with Gasteiger partial charge in [0.2, 0.25) is 0 Å². The molecular formula is C13H10ClNO3S. The van der Waals surface area contributed by atoms with Crippen molar-refractivity contribution in [3.63, 3.8) is 0 Å². The number of amides is 1. The summed E-state index contributed by atoms with van der Waals surface area (Å²) in [7, 11) is 0. The molecule has 6 heteroatoms. The van der Waals surface area contributed by atoms with Crippen LogP contribution in [0, 0.1) is 6.92 Å². The second-order valence-corrected chi connectivity index (χ2v) is 5.23. The van der Waals surface area contributed by atoms with Gasteiger partial charge in [0, 0.05) is 0 Å². The van der Waals surface area contributed by atoms with Crippen LogP contribution in [0.15, 0.2) is 29.6 Å². The van der Waals surface area contributed by atoms with E-state index in [1.165, 1.54) is 0 Å². The van der Waals surface area contributed by atoms with Gasteiger partial charge >= 0.3 is 5.97 Å². The molecule has 0 fully saturated rings. The van der Waals surface area contributed by atoms with Crippen molar-refractivity contribution >= 4 is 40.5 Å². The SMILES string of the molecule is Cc1ccc(C(=O)Nc2ccsc2C(=O)O)c(Cl)c1. The smallest absolute Gasteiger partial charge is 0.348 e. The molecule has 1 heterocycles. The molecule has 0 radical (unpaired) electrons. The lowest BCUT2D eigenvalue weighted by atomic mass is 10.1. The second kappa shape index (κ2) is 5.42. The van der Waals surface area contributed by atoms with E-state index in [1.54, 1.807) is 29.6 Å². The van der Waals surface area contributed by atoms with E-state index in [9.17, 15) is 9.59 Å². The predicted molar refractivity (Wildman–Crippen MR) is 75.4 cm³/mol. The van der Waals surface area contributed by atoms with Crippen molar-refractivity contribution in [3.8, 4) is 0 Å². The summed E-state index contributed by atoms with van der Waals surface area (Å²) in [6.07, 6.45) is 0. The van der Waals surface area contributed by atoms with E-state index in [-0.39, 0.29) is 10.6 Å². The minimum absolute atomic E-state index is 0.0941. The number of halogens is 1. The minimum Gasteiger partial charge on any atom is -0.477 e. The molecule has 98 valence electrons. The summed E-state index contributed by atoms with van der Waals surface area (Å²) in [4.78, 5) is 23.1. The first-order valence-corrected chi connectivity index (χ1v) is 6.63. The number of anilines is 1. The predicted octanol–water partition coefficient (Wildman–Crippen LogP) is 3.66. The molecule has 0 bridgehead atoms. The quantitative estimate of drug-likeness (QED) is 0.908. The van der Waals surface area contributed by atoms with E-state index in [0.29, 0.717) is 10.6 Å². The van der Waals surface area contributed by atoms with Crippen molar-refractivity contribution in [3.05, 3.63) is 50.7 Å². The topological polar surface area (TPSA) is 66.4 Å². The van der Waals surface area contributed by atoms with Gasteiger partial charge < -0.3 is 10.4 Å². The van der Waals surface area contributed by atoms with Gasteiger partial charge in [0.1, 0.15) is 4.88 Å². The average molecular weight is 296 g/mol. The molecule has 0 aliphatic rings. The molecule has 0 atom stereocenters. The van der Waals surface area contributed by atoms with Crippen LogP contribution < -0.4 is 5.32 Å². The Morgan fingerprint density at radius 2 is 2.05 bits per heavy atom. The molecule has 0 aliphatic carbocycles. The summed E-state index contributed by atoms with van der Waals surface area (Å²) in [5.74, 6) is -1.49. The molecule has 1 amide bonds. The van der Waals surface area contributed by atoms with Crippen molar-refractivity contribution < 1.29 is 14.7 Å². The van der Waals surface area contributed by atoms with E-state index >= 15 is 0 Å². The summed E-state index contributed by atoms with van der Waals surface area (Å²) in [6.45, 7) is 1.87. The molecular weight excluding hydrogens is 286 g/mol. The molecule has 19 heavy (non-hydrogen) atoms. The number of carbonyl (C=O) groups is 2. The van der Waals surface area contributed by atoms with Crippen LogP contribution in [0.1, 0.15) is 25.6 Å². The first-order chi connectivity index (χ1) is 8.99. The lowest BCUT2D eigenvalue weighted by molar-refractivity contribution is 0.0703. The number of carbonyl (C=O) groups excluding carboxylic acids is 1. The third-order valence-corrected chi connectivity index (χ3v) is 3.69. The van der Waals surface area contributed by atoms with Gasteiger partial charge in [0.25, 0.3) is 5.91 Å². The van der Waals surface area contributed by atoms with Crippen molar-refractivity contribution in [1.82, 2.24) is 0 Å². The van der Waals surface area contributed by atoms with Gasteiger partial charge in [0.15, 0.2) is 0 Å². The van der Waals surface area contributed by atoms with Crippen molar-refractivity contribution in [1.29, 1.82) is 0 Å². The number of nitrogens with one attached hydrogen (secondary N) is 1. The zero-order chi connectivity index (χ0) is 14.0. The summed E-state index contributed by atoms with van der Waals surface area (Å²) >= 11 is 7.05. The third kappa shape index (κ3) is 2.94. The summed E-state index contributed by atoms with van der Waals surface area (Å²) in [6, 6.07) is 6.61. The molecule has 0 aliphatic heterocycles. The average Bonchev–Trinajstić information content (AvgIpc) is 2.76. The number of carboxylic acid groups (broad SMARTS) is 1. The van der Waals surface area contributed by atoms with E-state index < -0.39 is 11.9 Å². The van der Waals surface area contributed by atoms with E-state index in [0.717, 1.165) is 16.9 Å². The minimum atomic E-state index is -1.07. The third-order valence-electron chi connectivity index (χ3n) is 2.48. The van der Waals surface area contributed by atoms with Crippen LogP contribution in [-0.2, 0) is 0 Å². The number of rotatable bonds is 3. The second-order valence-electron chi connectivity index (χ2n) is 3.91. The Bertz CT molecular complexity index is 651. The molecule has 0 saturated carbocycles. The monoisotopic (exact) mass is 295 g/mol. The molecule has 0 spiro atoms. The number of aromatic carboxylic acids is 1. The molecule has 2 rings (SSSR count). The number of benzene rings is 1. The Hall–Kier alpha value is -1.85. The lowest BCUT2D eigenvalue weighted by Crippen LogP contribution is -2.14. The zero-order valence-electron chi connectivity index (χ0n) is 9.94. The molecule has 0 unspecified atom stereocenters. The van der Waals surface area contributed by atoms with Crippen molar-refractivity contribution in [2.45, 2.75) is 6.92 Å². The maximum absolute atomic E-state index is 12.0. The Kier molecular flexibility index (Phi) is 3.87. The van der Waals surface area contributed by atoms with Gasteiger partial charge in [-0.2, -0.15) is 0 Å². The maximum atomic E-state index is 12.0. The van der Waals surface area contributed by atoms with Gasteiger partial charge in [-0.1, -0.05) is 17.7 Å². The first-order valence-electron chi connectivity index (χ1n) is 5.37. The van der Waals surface area contributed by atoms with Gasteiger partial charge in [-0.3, -0.25) is 4.79 Å². The van der Waals surface area contributed by atoms with Gasteiger partial charge in [-0.25, -0.2) is 4.79 Å². The van der Waals surface area contributed by atoms with Gasteiger partial charge in [-0.15, -0.1) is 11.3 Å². The molecule has 4 nitrogen and oxygen atoms in total. The summed E-state index contributed by atoms with van der Waals surface area (Å²) in [5, 5.41) is 13.5. The number of hydrogen-bond donors (Lipinski definition) is 2. The van der Waals surface area contributed by atoms with Crippen LogP contribution in [0.25, 0.3) is 0 Å². The number of hydrogen-bond acceptors (Lipinski definition) is 3. The van der Waals surface area contributed by atoms with Crippen LogP contribution in [-0.4, -0.2) is 17.0 Å². The highest BCUT2D eigenvalue weighted by molar-refractivity contribution is 7.12. The molecule has 0 saturated heterocycles. The number of carboxylic acids is 1. The lowest BCUT2D eigenvalue weighted by Gasteiger charge is -2.06.